The lowest BCUT2D eigenvalue weighted by Gasteiger charge is -2.21. The summed E-state index contributed by atoms with van der Waals surface area (Å²) >= 11 is 3.01. The Morgan fingerprint density at radius 3 is 2.38 bits per heavy atom. The fraction of sp³-hybridized carbons (Fsp3) is 0.294. The van der Waals surface area contributed by atoms with Crippen molar-refractivity contribution in [1.29, 1.82) is 0 Å². The molecule has 4 heteroatoms. The Morgan fingerprint density at radius 2 is 1.76 bits per heavy atom. The van der Waals surface area contributed by atoms with Gasteiger partial charge in [0.25, 0.3) is 0 Å². The van der Waals surface area contributed by atoms with Gasteiger partial charge >= 0.3 is 0 Å². The van der Waals surface area contributed by atoms with E-state index in [0.29, 0.717) is 5.56 Å². The van der Waals surface area contributed by atoms with Crippen LogP contribution in [0.3, 0.4) is 0 Å². The van der Waals surface area contributed by atoms with Gasteiger partial charge in [-0.3, -0.25) is 0 Å². The van der Waals surface area contributed by atoms with E-state index >= 15 is 0 Å². The molecule has 0 saturated carbocycles. The van der Waals surface area contributed by atoms with Crippen LogP contribution in [0.4, 0.5) is 8.78 Å². The van der Waals surface area contributed by atoms with Crippen LogP contribution in [0.5, 0.6) is 0 Å². The highest BCUT2D eigenvalue weighted by Crippen LogP contribution is 2.28. The summed E-state index contributed by atoms with van der Waals surface area (Å²) in [6.45, 7) is 4.77. The normalized spacial score (nSPS) is 12.4. The minimum atomic E-state index is -0.457. The predicted molar refractivity (Wildman–Crippen MR) is 85.4 cm³/mol. The second-order valence-corrected chi connectivity index (χ2v) is 5.94. The summed E-state index contributed by atoms with van der Waals surface area (Å²) in [6.07, 6.45) is 0.920. The minimum Gasteiger partial charge on any atom is -0.306 e. The molecule has 2 aromatic rings. The van der Waals surface area contributed by atoms with E-state index in [4.69, 9.17) is 0 Å². The zero-order valence-electron chi connectivity index (χ0n) is 12.1. The third-order valence-electron chi connectivity index (χ3n) is 3.36. The third-order valence-corrected chi connectivity index (χ3v) is 3.97. The lowest BCUT2D eigenvalue weighted by atomic mass is 9.97. The first-order valence-electron chi connectivity index (χ1n) is 6.97. The molecule has 1 nitrogen and oxygen atoms in total. The van der Waals surface area contributed by atoms with E-state index in [1.807, 2.05) is 38.1 Å². The van der Waals surface area contributed by atoms with Gasteiger partial charge in [0.2, 0.25) is 0 Å². The molecular weight excluding hydrogens is 336 g/mol. The predicted octanol–water partition coefficient (Wildman–Crippen LogP) is 5.12. The van der Waals surface area contributed by atoms with Crippen LogP contribution in [0.2, 0.25) is 0 Å². The number of aryl methyl sites for hydroxylation is 1. The van der Waals surface area contributed by atoms with E-state index in [1.165, 1.54) is 12.1 Å². The molecule has 0 saturated heterocycles. The van der Waals surface area contributed by atoms with Gasteiger partial charge in [-0.2, -0.15) is 0 Å². The zero-order valence-corrected chi connectivity index (χ0v) is 13.7. The largest absolute Gasteiger partial charge is 0.306 e. The molecule has 1 atom stereocenters. The molecule has 1 unspecified atom stereocenters. The van der Waals surface area contributed by atoms with E-state index in [0.717, 1.165) is 24.1 Å². The van der Waals surface area contributed by atoms with Crippen LogP contribution in [0.25, 0.3) is 0 Å². The molecule has 1 N–H and O–H groups in total. The van der Waals surface area contributed by atoms with Crippen LogP contribution >= 0.6 is 15.9 Å². The van der Waals surface area contributed by atoms with Gasteiger partial charge in [-0.15, -0.1) is 0 Å². The van der Waals surface area contributed by atoms with Crippen LogP contribution in [0.1, 0.15) is 36.1 Å². The molecule has 112 valence electrons. The van der Waals surface area contributed by atoms with Gasteiger partial charge in [-0.25, -0.2) is 8.78 Å². The first-order chi connectivity index (χ1) is 10.0. The van der Waals surface area contributed by atoms with Crippen molar-refractivity contribution in [3.05, 3.63) is 69.2 Å². The first-order valence-corrected chi connectivity index (χ1v) is 7.76. The molecule has 2 aromatic carbocycles. The van der Waals surface area contributed by atoms with Crippen LogP contribution < -0.4 is 5.32 Å². The fourth-order valence-electron chi connectivity index (χ4n) is 2.21. The van der Waals surface area contributed by atoms with Crippen LogP contribution in [0, 0.1) is 18.6 Å². The molecule has 0 spiro atoms. The van der Waals surface area contributed by atoms with Gasteiger partial charge in [0.05, 0.1) is 10.5 Å². The monoisotopic (exact) mass is 353 g/mol. The van der Waals surface area contributed by atoms with Crippen LogP contribution in [0.15, 0.2) is 40.9 Å². The second kappa shape index (κ2) is 7.14. The van der Waals surface area contributed by atoms with Crippen molar-refractivity contribution >= 4 is 15.9 Å². The lowest BCUT2D eigenvalue weighted by molar-refractivity contribution is 0.533. The van der Waals surface area contributed by atoms with E-state index in [9.17, 15) is 8.78 Å². The fourth-order valence-corrected chi connectivity index (χ4v) is 2.53. The SMILES string of the molecule is CCCNC(c1ccc(C)cc1)c1cc(F)c(Br)cc1F. The molecule has 0 aliphatic rings. The summed E-state index contributed by atoms with van der Waals surface area (Å²) in [6, 6.07) is 9.93. The average Bonchev–Trinajstić information content (AvgIpc) is 2.46. The van der Waals surface area contributed by atoms with Crippen molar-refractivity contribution in [2.45, 2.75) is 26.3 Å². The molecule has 0 aliphatic carbocycles. The second-order valence-electron chi connectivity index (χ2n) is 5.09. The zero-order chi connectivity index (χ0) is 15.4. The minimum absolute atomic E-state index is 0.141. The molecular formula is C17H18BrF2N. The number of halogens is 3. The van der Waals surface area contributed by atoms with E-state index in [2.05, 4.69) is 21.2 Å². The molecule has 0 heterocycles. The summed E-state index contributed by atoms with van der Waals surface area (Å²) in [5, 5.41) is 3.29. The first kappa shape index (κ1) is 16.1. The molecule has 21 heavy (non-hydrogen) atoms. The van der Waals surface area contributed by atoms with Crippen LogP contribution in [-0.4, -0.2) is 6.54 Å². The van der Waals surface area contributed by atoms with Gasteiger partial charge < -0.3 is 5.32 Å². The van der Waals surface area contributed by atoms with Gasteiger partial charge in [0.15, 0.2) is 0 Å². The molecule has 2 rings (SSSR count). The van der Waals surface area contributed by atoms with E-state index in [-0.39, 0.29) is 10.5 Å². The molecule has 0 radical (unpaired) electrons. The standard InChI is InChI=1S/C17H18BrF2N/c1-3-8-21-17(12-6-4-11(2)5-7-12)13-9-16(20)14(18)10-15(13)19/h4-7,9-10,17,21H,3,8H2,1-2H3. The van der Waals surface area contributed by atoms with E-state index < -0.39 is 11.6 Å². The topological polar surface area (TPSA) is 12.0 Å². The Kier molecular flexibility index (Phi) is 5.48. The van der Waals surface area contributed by atoms with E-state index in [1.54, 1.807) is 0 Å². The van der Waals surface area contributed by atoms with Crippen molar-refractivity contribution in [3.8, 4) is 0 Å². The summed E-state index contributed by atoms with van der Waals surface area (Å²) in [5.41, 5.74) is 2.39. The quantitative estimate of drug-likeness (QED) is 0.735. The maximum Gasteiger partial charge on any atom is 0.137 e. The molecule has 0 amide bonds. The highest BCUT2D eigenvalue weighted by atomic mass is 79.9. The number of nitrogens with one attached hydrogen (secondary N) is 1. The maximum absolute atomic E-state index is 14.2. The summed E-state index contributed by atoms with van der Waals surface area (Å²) in [7, 11) is 0. The van der Waals surface area contributed by atoms with Gasteiger partial charge in [-0.1, -0.05) is 36.8 Å². The van der Waals surface area contributed by atoms with Gasteiger partial charge in [-0.05, 0) is 53.5 Å². The number of benzene rings is 2. The van der Waals surface area contributed by atoms with Crippen molar-refractivity contribution in [1.82, 2.24) is 5.32 Å². The molecule has 0 aromatic heterocycles. The Bertz CT molecular complexity index is 611. The van der Waals surface area contributed by atoms with Crippen LogP contribution in [-0.2, 0) is 0 Å². The Balaban J connectivity index is 2.45. The highest BCUT2D eigenvalue weighted by molar-refractivity contribution is 9.10. The number of rotatable bonds is 5. The van der Waals surface area contributed by atoms with Crippen molar-refractivity contribution in [2.24, 2.45) is 0 Å². The Hall–Kier alpha value is -1.26. The summed E-state index contributed by atoms with van der Waals surface area (Å²) in [4.78, 5) is 0. The Morgan fingerprint density at radius 1 is 1.10 bits per heavy atom. The van der Waals surface area contributed by atoms with Crippen molar-refractivity contribution in [2.75, 3.05) is 6.54 Å². The maximum atomic E-state index is 14.2. The third kappa shape index (κ3) is 3.89. The van der Waals surface area contributed by atoms with Gasteiger partial charge in [0, 0.05) is 5.56 Å². The molecule has 0 aliphatic heterocycles. The average molecular weight is 354 g/mol. The highest BCUT2D eigenvalue weighted by Gasteiger charge is 2.19. The summed E-state index contributed by atoms with van der Waals surface area (Å²) in [5.74, 6) is -0.876. The number of hydrogen-bond acceptors (Lipinski definition) is 1. The Labute approximate surface area is 132 Å². The lowest BCUT2D eigenvalue weighted by Crippen LogP contribution is -2.24. The van der Waals surface area contributed by atoms with Gasteiger partial charge in [0.1, 0.15) is 11.6 Å². The van der Waals surface area contributed by atoms with Crippen molar-refractivity contribution < 1.29 is 8.78 Å². The smallest absolute Gasteiger partial charge is 0.137 e. The number of hydrogen-bond donors (Lipinski definition) is 1. The summed E-state index contributed by atoms with van der Waals surface area (Å²) < 4.78 is 28.2. The van der Waals surface area contributed by atoms with Crippen molar-refractivity contribution in [3.63, 3.8) is 0 Å². The molecule has 0 bridgehead atoms. The molecule has 0 fully saturated rings.